The molecule has 0 fully saturated rings. The van der Waals surface area contributed by atoms with Crippen LogP contribution in [0.25, 0.3) is 0 Å². The van der Waals surface area contributed by atoms with Crippen molar-refractivity contribution >= 4 is 34.6 Å². The third-order valence-corrected chi connectivity index (χ3v) is 3.63. The van der Waals surface area contributed by atoms with Crippen LogP contribution in [0.1, 0.15) is 11.1 Å². The third-order valence-electron chi connectivity index (χ3n) is 3.16. The molecule has 0 radical (unpaired) electrons. The van der Waals surface area contributed by atoms with Crippen molar-refractivity contribution in [2.45, 2.75) is 13.8 Å². The van der Waals surface area contributed by atoms with E-state index in [4.69, 9.17) is 23.2 Å². The van der Waals surface area contributed by atoms with Crippen molar-refractivity contribution in [3.05, 3.63) is 57.6 Å². The standard InChI is InChI=1S/C16H18Cl2N2/c1-11-3-5-13(17)9-15(11)19-7-8-20-16-10-14(18)6-4-12(16)2/h3-6,9-10,19-20H,7-8H2,1-2H3. The second kappa shape index (κ2) is 6.87. The van der Waals surface area contributed by atoms with Gasteiger partial charge in [0, 0.05) is 34.5 Å². The number of rotatable bonds is 5. The molecule has 0 spiro atoms. The number of nitrogens with one attached hydrogen (secondary N) is 2. The van der Waals surface area contributed by atoms with Crippen molar-refractivity contribution in [3.63, 3.8) is 0 Å². The predicted octanol–water partition coefficient (Wildman–Crippen LogP) is 5.13. The maximum absolute atomic E-state index is 5.99. The molecule has 0 aliphatic carbocycles. The zero-order valence-electron chi connectivity index (χ0n) is 11.6. The zero-order chi connectivity index (χ0) is 14.5. The molecule has 0 saturated heterocycles. The van der Waals surface area contributed by atoms with E-state index < -0.39 is 0 Å². The summed E-state index contributed by atoms with van der Waals surface area (Å²) < 4.78 is 0. The highest BCUT2D eigenvalue weighted by atomic mass is 35.5. The molecule has 2 aromatic carbocycles. The fraction of sp³-hybridized carbons (Fsp3) is 0.250. The monoisotopic (exact) mass is 308 g/mol. The van der Waals surface area contributed by atoms with Crippen molar-refractivity contribution in [1.82, 2.24) is 0 Å². The molecular weight excluding hydrogens is 291 g/mol. The first kappa shape index (κ1) is 15.0. The number of benzene rings is 2. The minimum Gasteiger partial charge on any atom is -0.383 e. The van der Waals surface area contributed by atoms with Gasteiger partial charge in [-0.05, 0) is 49.2 Å². The Bertz CT molecular complexity index is 544. The van der Waals surface area contributed by atoms with Gasteiger partial charge in [0.25, 0.3) is 0 Å². The molecule has 2 aromatic rings. The molecule has 0 unspecified atom stereocenters. The van der Waals surface area contributed by atoms with Crippen LogP contribution < -0.4 is 10.6 Å². The van der Waals surface area contributed by atoms with Crippen molar-refractivity contribution < 1.29 is 0 Å². The summed E-state index contributed by atoms with van der Waals surface area (Å²) in [4.78, 5) is 0. The van der Waals surface area contributed by atoms with Crippen LogP contribution in [-0.2, 0) is 0 Å². The molecule has 2 N–H and O–H groups in total. The van der Waals surface area contributed by atoms with Gasteiger partial charge in [-0.1, -0.05) is 35.3 Å². The van der Waals surface area contributed by atoms with E-state index in [-0.39, 0.29) is 0 Å². The van der Waals surface area contributed by atoms with Crippen LogP contribution in [0.3, 0.4) is 0 Å². The topological polar surface area (TPSA) is 24.1 Å². The number of aryl methyl sites for hydroxylation is 2. The van der Waals surface area contributed by atoms with Crippen LogP contribution in [0.2, 0.25) is 10.0 Å². The first-order valence-corrected chi connectivity index (χ1v) is 7.32. The van der Waals surface area contributed by atoms with E-state index in [1.165, 1.54) is 11.1 Å². The Labute approximate surface area is 130 Å². The SMILES string of the molecule is Cc1ccc(Cl)cc1NCCNc1cc(Cl)ccc1C. The highest BCUT2D eigenvalue weighted by Crippen LogP contribution is 2.21. The summed E-state index contributed by atoms with van der Waals surface area (Å²) in [6, 6.07) is 11.7. The summed E-state index contributed by atoms with van der Waals surface area (Å²) in [5.74, 6) is 0. The summed E-state index contributed by atoms with van der Waals surface area (Å²) >= 11 is 12.0. The van der Waals surface area contributed by atoms with Gasteiger partial charge in [0.05, 0.1) is 0 Å². The van der Waals surface area contributed by atoms with E-state index in [1.807, 2.05) is 36.4 Å². The molecule has 4 heteroatoms. The van der Waals surface area contributed by atoms with Gasteiger partial charge in [-0.15, -0.1) is 0 Å². The smallest absolute Gasteiger partial charge is 0.0426 e. The lowest BCUT2D eigenvalue weighted by Gasteiger charge is -2.13. The molecule has 20 heavy (non-hydrogen) atoms. The average Bonchev–Trinajstić information content (AvgIpc) is 2.42. The molecule has 2 rings (SSSR count). The molecule has 106 valence electrons. The molecule has 0 amide bonds. The maximum Gasteiger partial charge on any atom is 0.0426 e. The minimum atomic E-state index is 0.747. The average molecular weight is 309 g/mol. The van der Waals surface area contributed by atoms with E-state index in [0.29, 0.717) is 0 Å². The molecular formula is C16H18Cl2N2. The van der Waals surface area contributed by atoms with Gasteiger partial charge in [-0.2, -0.15) is 0 Å². The molecule has 0 atom stereocenters. The lowest BCUT2D eigenvalue weighted by atomic mass is 10.2. The Morgan fingerprint density at radius 3 is 1.55 bits per heavy atom. The molecule has 0 saturated carbocycles. The van der Waals surface area contributed by atoms with Crippen molar-refractivity contribution in [2.75, 3.05) is 23.7 Å². The van der Waals surface area contributed by atoms with Gasteiger partial charge in [0.15, 0.2) is 0 Å². The van der Waals surface area contributed by atoms with Gasteiger partial charge in [-0.25, -0.2) is 0 Å². The van der Waals surface area contributed by atoms with E-state index in [0.717, 1.165) is 34.5 Å². The number of halogens is 2. The van der Waals surface area contributed by atoms with E-state index >= 15 is 0 Å². The summed E-state index contributed by atoms with van der Waals surface area (Å²) in [5.41, 5.74) is 4.52. The third kappa shape index (κ3) is 4.06. The second-order valence-corrected chi connectivity index (χ2v) is 5.64. The highest BCUT2D eigenvalue weighted by molar-refractivity contribution is 6.31. The van der Waals surface area contributed by atoms with Crippen LogP contribution in [0.15, 0.2) is 36.4 Å². The van der Waals surface area contributed by atoms with Gasteiger partial charge < -0.3 is 10.6 Å². The summed E-state index contributed by atoms with van der Waals surface area (Å²) in [6.45, 7) is 5.75. The maximum atomic E-state index is 5.99. The van der Waals surface area contributed by atoms with E-state index in [2.05, 4.69) is 24.5 Å². The molecule has 0 bridgehead atoms. The fourth-order valence-electron chi connectivity index (χ4n) is 1.96. The van der Waals surface area contributed by atoms with Crippen LogP contribution in [0, 0.1) is 13.8 Å². The van der Waals surface area contributed by atoms with Gasteiger partial charge in [0.1, 0.15) is 0 Å². The normalized spacial score (nSPS) is 10.4. The van der Waals surface area contributed by atoms with E-state index in [1.54, 1.807) is 0 Å². The quantitative estimate of drug-likeness (QED) is 0.748. The van der Waals surface area contributed by atoms with Gasteiger partial charge in [-0.3, -0.25) is 0 Å². The van der Waals surface area contributed by atoms with Gasteiger partial charge >= 0.3 is 0 Å². The highest BCUT2D eigenvalue weighted by Gasteiger charge is 2.00. The molecule has 0 aromatic heterocycles. The van der Waals surface area contributed by atoms with Crippen molar-refractivity contribution in [2.24, 2.45) is 0 Å². The Morgan fingerprint density at radius 1 is 0.750 bits per heavy atom. The second-order valence-electron chi connectivity index (χ2n) is 4.77. The van der Waals surface area contributed by atoms with Crippen LogP contribution in [-0.4, -0.2) is 13.1 Å². The van der Waals surface area contributed by atoms with Crippen LogP contribution in [0.5, 0.6) is 0 Å². The van der Waals surface area contributed by atoms with Gasteiger partial charge in [0.2, 0.25) is 0 Å². The summed E-state index contributed by atoms with van der Waals surface area (Å²) in [6.07, 6.45) is 0. The van der Waals surface area contributed by atoms with E-state index in [9.17, 15) is 0 Å². The number of hydrogen-bond acceptors (Lipinski definition) is 2. The predicted molar refractivity (Wildman–Crippen MR) is 89.4 cm³/mol. The van der Waals surface area contributed by atoms with Crippen molar-refractivity contribution in [3.8, 4) is 0 Å². The Kier molecular flexibility index (Phi) is 5.16. The lowest BCUT2D eigenvalue weighted by Crippen LogP contribution is -2.14. The summed E-state index contributed by atoms with van der Waals surface area (Å²) in [7, 11) is 0. The molecule has 0 aliphatic rings. The molecule has 0 heterocycles. The Hall–Kier alpha value is -1.38. The first-order valence-electron chi connectivity index (χ1n) is 6.56. The lowest BCUT2D eigenvalue weighted by molar-refractivity contribution is 1.07. The Balaban J connectivity index is 1.87. The van der Waals surface area contributed by atoms with Crippen molar-refractivity contribution in [1.29, 1.82) is 0 Å². The molecule has 0 aliphatic heterocycles. The minimum absolute atomic E-state index is 0.747. The fourth-order valence-corrected chi connectivity index (χ4v) is 2.31. The number of hydrogen-bond donors (Lipinski definition) is 2. The number of anilines is 2. The summed E-state index contributed by atoms with van der Waals surface area (Å²) in [5, 5.41) is 8.25. The Morgan fingerprint density at radius 2 is 1.15 bits per heavy atom. The zero-order valence-corrected chi connectivity index (χ0v) is 13.1. The van der Waals surface area contributed by atoms with Crippen LogP contribution in [0.4, 0.5) is 11.4 Å². The first-order chi connectivity index (χ1) is 9.56. The molecule has 2 nitrogen and oxygen atoms in total. The van der Waals surface area contributed by atoms with Crippen LogP contribution >= 0.6 is 23.2 Å². The largest absolute Gasteiger partial charge is 0.383 e.